The fraction of sp³-hybridized carbons (Fsp3) is 0.364. The lowest BCUT2D eigenvalue weighted by Gasteiger charge is -2.41. The second-order valence-electron chi connectivity index (χ2n) is 8.90. The SMILES string of the molecule is Cc1ccc(S(=O)(=O)n2cc(I)c3cc(N4CC(NC(=O)OC(C)(C)C)C4)cnc32)cc1. The quantitative estimate of drug-likeness (QED) is 0.480. The molecule has 32 heavy (non-hydrogen) atoms. The van der Waals surface area contributed by atoms with Crippen LogP contribution in [0.4, 0.5) is 10.5 Å². The summed E-state index contributed by atoms with van der Waals surface area (Å²) in [4.78, 5) is 18.7. The van der Waals surface area contributed by atoms with Gasteiger partial charge in [0.15, 0.2) is 5.65 Å². The van der Waals surface area contributed by atoms with Gasteiger partial charge < -0.3 is 15.0 Å². The van der Waals surface area contributed by atoms with Crippen molar-refractivity contribution in [3.8, 4) is 0 Å². The minimum absolute atomic E-state index is 0.00821. The third kappa shape index (κ3) is 4.56. The lowest BCUT2D eigenvalue weighted by molar-refractivity contribution is 0.0496. The summed E-state index contributed by atoms with van der Waals surface area (Å²) in [5.41, 5.74) is 1.73. The van der Waals surface area contributed by atoms with Crippen molar-refractivity contribution in [3.63, 3.8) is 0 Å². The number of pyridine rings is 1. The summed E-state index contributed by atoms with van der Waals surface area (Å²) in [5, 5.41) is 3.63. The second-order valence-corrected chi connectivity index (χ2v) is 11.9. The standard InChI is InChI=1S/C22H25IN4O4S/c1-14-5-7-17(8-6-14)32(29,30)27-13-19(23)18-9-16(10-24-20(18)27)26-11-15(12-26)25-21(28)31-22(2,3)4/h5-10,13,15H,11-12H2,1-4H3,(H,25,28). The van der Waals surface area contributed by atoms with Gasteiger partial charge in [0.2, 0.25) is 0 Å². The zero-order valence-corrected chi connectivity index (χ0v) is 21.3. The smallest absolute Gasteiger partial charge is 0.407 e. The molecule has 3 aromatic rings. The van der Waals surface area contributed by atoms with Crippen LogP contribution in [0.15, 0.2) is 47.6 Å². The maximum absolute atomic E-state index is 13.2. The Kier molecular flexibility index (Phi) is 5.86. The number of alkyl carbamates (subject to hydrolysis) is 1. The number of carbonyl (C=O) groups is 1. The van der Waals surface area contributed by atoms with E-state index in [9.17, 15) is 13.2 Å². The van der Waals surface area contributed by atoms with Gasteiger partial charge in [0.05, 0.1) is 22.8 Å². The fourth-order valence-corrected chi connectivity index (χ4v) is 5.66. The molecule has 170 valence electrons. The van der Waals surface area contributed by atoms with Crippen LogP contribution in [-0.4, -0.2) is 48.2 Å². The maximum Gasteiger partial charge on any atom is 0.407 e. The first-order chi connectivity index (χ1) is 14.9. The van der Waals surface area contributed by atoms with Crippen molar-refractivity contribution in [2.75, 3.05) is 18.0 Å². The first-order valence-corrected chi connectivity index (χ1v) is 12.7. The molecule has 1 aromatic carbocycles. The van der Waals surface area contributed by atoms with Crippen molar-refractivity contribution in [2.45, 2.75) is 44.2 Å². The molecule has 0 atom stereocenters. The monoisotopic (exact) mass is 568 g/mol. The zero-order chi connectivity index (χ0) is 23.3. The number of carbonyl (C=O) groups excluding carboxylic acids is 1. The van der Waals surface area contributed by atoms with Crippen LogP contribution in [0.3, 0.4) is 0 Å². The number of benzene rings is 1. The van der Waals surface area contributed by atoms with Crippen LogP contribution in [-0.2, 0) is 14.8 Å². The molecule has 0 unspecified atom stereocenters. The van der Waals surface area contributed by atoms with E-state index in [1.807, 2.05) is 33.8 Å². The molecule has 2 aromatic heterocycles. The van der Waals surface area contributed by atoms with Crippen LogP contribution in [0.25, 0.3) is 11.0 Å². The van der Waals surface area contributed by atoms with E-state index < -0.39 is 21.7 Å². The summed E-state index contributed by atoms with van der Waals surface area (Å²) in [6.07, 6.45) is 2.84. The lowest BCUT2D eigenvalue weighted by atomic mass is 10.1. The third-order valence-corrected chi connectivity index (χ3v) is 7.62. The number of fused-ring (bicyclic) bond motifs is 1. The Morgan fingerprint density at radius 2 is 1.88 bits per heavy atom. The minimum Gasteiger partial charge on any atom is -0.444 e. The zero-order valence-electron chi connectivity index (χ0n) is 18.3. The van der Waals surface area contributed by atoms with Crippen molar-refractivity contribution in [3.05, 3.63) is 51.9 Å². The Morgan fingerprint density at radius 1 is 1.22 bits per heavy atom. The molecule has 0 bridgehead atoms. The Bertz CT molecular complexity index is 1270. The molecular formula is C22H25IN4O4S. The lowest BCUT2D eigenvalue weighted by Crippen LogP contribution is -2.60. The number of hydrogen-bond acceptors (Lipinski definition) is 6. The number of ether oxygens (including phenoxy) is 1. The third-order valence-electron chi connectivity index (χ3n) is 5.09. The summed E-state index contributed by atoms with van der Waals surface area (Å²) < 4.78 is 33.7. The van der Waals surface area contributed by atoms with E-state index in [0.29, 0.717) is 18.7 Å². The highest BCUT2D eigenvalue weighted by molar-refractivity contribution is 14.1. The van der Waals surface area contributed by atoms with Gasteiger partial charge in [-0.25, -0.2) is 22.2 Å². The highest BCUT2D eigenvalue weighted by Crippen LogP contribution is 2.30. The maximum atomic E-state index is 13.2. The molecule has 1 amide bonds. The molecule has 1 N–H and O–H groups in total. The van der Waals surface area contributed by atoms with E-state index in [4.69, 9.17) is 4.74 Å². The predicted molar refractivity (Wildman–Crippen MR) is 132 cm³/mol. The van der Waals surface area contributed by atoms with Gasteiger partial charge in [-0.1, -0.05) is 17.7 Å². The molecule has 1 saturated heterocycles. The molecule has 10 heteroatoms. The van der Waals surface area contributed by atoms with E-state index in [1.165, 1.54) is 3.97 Å². The molecule has 1 aliphatic rings. The molecule has 1 aliphatic heterocycles. The number of nitrogens with zero attached hydrogens (tertiary/aromatic N) is 3. The van der Waals surface area contributed by atoms with Crippen LogP contribution < -0.4 is 10.2 Å². The average Bonchev–Trinajstić information content (AvgIpc) is 3.00. The van der Waals surface area contributed by atoms with E-state index in [2.05, 4.69) is 37.8 Å². The van der Waals surface area contributed by atoms with Crippen molar-refractivity contribution >= 4 is 55.4 Å². The molecule has 1 fully saturated rings. The summed E-state index contributed by atoms with van der Waals surface area (Å²) in [6, 6.07) is 8.70. The Labute approximate surface area is 201 Å². The number of aromatic nitrogens is 2. The van der Waals surface area contributed by atoms with Gasteiger partial charge in [-0.2, -0.15) is 0 Å². The van der Waals surface area contributed by atoms with E-state index >= 15 is 0 Å². The Balaban J connectivity index is 1.53. The predicted octanol–water partition coefficient (Wildman–Crippen LogP) is 3.90. The normalized spacial score (nSPS) is 15.0. The number of nitrogens with one attached hydrogen (secondary N) is 1. The van der Waals surface area contributed by atoms with Crippen molar-refractivity contribution in [1.82, 2.24) is 14.3 Å². The average molecular weight is 568 g/mol. The Hall–Kier alpha value is -2.34. The van der Waals surface area contributed by atoms with Crippen molar-refractivity contribution < 1.29 is 17.9 Å². The van der Waals surface area contributed by atoms with Gasteiger partial charge in [-0.15, -0.1) is 0 Å². The van der Waals surface area contributed by atoms with Gasteiger partial charge in [-0.3, -0.25) is 0 Å². The van der Waals surface area contributed by atoms with Gasteiger partial charge in [0.1, 0.15) is 5.60 Å². The highest BCUT2D eigenvalue weighted by atomic mass is 127. The van der Waals surface area contributed by atoms with Crippen molar-refractivity contribution in [2.24, 2.45) is 0 Å². The summed E-state index contributed by atoms with van der Waals surface area (Å²) >= 11 is 2.13. The van der Waals surface area contributed by atoms with Crippen LogP contribution in [0.1, 0.15) is 26.3 Å². The molecule has 0 radical (unpaired) electrons. The van der Waals surface area contributed by atoms with Crippen LogP contribution in [0.2, 0.25) is 0 Å². The summed E-state index contributed by atoms with van der Waals surface area (Å²) in [7, 11) is -3.75. The molecule has 4 rings (SSSR count). The summed E-state index contributed by atoms with van der Waals surface area (Å²) in [5.74, 6) is 0. The number of aryl methyl sites for hydroxylation is 1. The van der Waals surface area contributed by atoms with Crippen molar-refractivity contribution in [1.29, 1.82) is 0 Å². The minimum atomic E-state index is -3.75. The number of hydrogen-bond donors (Lipinski definition) is 1. The van der Waals surface area contributed by atoms with Gasteiger partial charge in [0.25, 0.3) is 10.0 Å². The Morgan fingerprint density at radius 3 is 2.50 bits per heavy atom. The molecule has 0 spiro atoms. The molecule has 0 saturated carbocycles. The van der Waals surface area contributed by atoms with Gasteiger partial charge in [-0.05, 0) is 68.5 Å². The molecule has 0 aliphatic carbocycles. The number of halogens is 1. The van der Waals surface area contributed by atoms with E-state index in [-0.39, 0.29) is 10.9 Å². The number of anilines is 1. The number of rotatable bonds is 4. The first-order valence-electron chi connectivity index (χ1n) is 10.2. The van der Waals surface area contributed by atoms with E-state index in [1.54, 1.807) is 36.7 Å². The molecule has 3 heterocycles. The van der Waals surface area contributed by atoms with Crippen LogP contribution >= 0.6 is 22.6 Å². The highest BCUT2D eigenvalue weighted by Gasteiger charge is 2.31. The van der Waals surface area contributed by atoms with Gasteiger partial charge in [0, 0.05) is 28.2 Å². The van der Waals surface area contributed by atoms with Crippen LogP contribution in [0.5, 0.6) is 0 Å². The summed E-state index contributed by atoms with van der Waals surface area (Å²) in [6.45, 7) is 8.65. The number of amides is 1. The topological polar surface area (TPSA) is 93.5 Å². The molecular weight excluding hydrogens is 543 g/mol. The fourth-order valence-electron chi connectivity index (χ4n) is 3.47. The van der Waals surface area contributed by atoms with E-state index in [0.717, 1.165) is 20.2 Å². The molecule has 8 nitrogen and oxygen atoms in total. The van der Waals surface area contributed by atoms with Gasteiger partial charge >= 0.3 is 6.09 Å². The largest absolute Gasteiger partial charge is 0.444 e. The second kappa shape index (κ2) is 8.22. The first kappa shape index (κ1) is 22.8. The van der Waals surface area contributed by atoms with Crippen LogP contribution in [0, 0.1) is 10.5 Å².